The summed E-state index contributed by atoms with van der Waals surface area (Å²) in [5, 5.41) is 0. The van der Waals surface area contributed by atoms with Gasteiger partial charge in [-0.3, -0.25) is 4.79 Å². The largest absolute Gasteiger partial charge is 0.493 e. The van der Waals surface area contributed by atoms with Gasteiger partial charge in [-0.15, -0.1) is 11.6 Å². The van der Waals surface area contributed by atoms with Gasteiger partial charge < -0.3 is 9.64 Å². The normalized spacial score (nSPS) is 21.7. The first-order chi connectivity index (χ1) is 10.3. The van der Waals surface area contributed by atoms with Crippen molar-refractivity contribution in [2.24, 2.45) is 0 Å². The summed E-state index contributed by atoms with van der Waals surface area (Å²) in [6, 6.07) is 8.29. The van der Waals surface area contributed by atoms with E-state index in [1.807, 2.05) is 29.2 Å². The summed E-state index contributed by atoms with van der Waals surface area (Å²) in [5.41, 5.74) is 1.03. The number of carbonyl (C=O) groups excluding carboxylic acids is 1. The van der Waals surface area contributed by atoms with Crippen LogP contribution in [-0.4, -0.2) is 35.9 Å². The molecule has 0 bridgehead atoms. The molecule has 4 heteroatoms. The Bertz CT molecular complexity index is 499. The Hall–Kier alpha value is -1.22. The van der Waals surface area contributed by atoms with Crippen LogP contribution in [0.4, 0.5) is 0 Å². The minimum atomic E-state index is -0.0706. The molecular weight excluding hydrogens is 286 g/mol. The van der Waals surface area contributed by atoms with E-state index in [-0.39, 0.29) is 11.8 Å². The fourth-order valence-electron chi connectivity index (χ4n) is 3.58. The zero-order valence-corrected chi connectivity index (χ0v) is 13.0. The number of fused-ring (bicyclic) bond motifs is 1. The predicted molar refractivity (Wildman–Crippen MR) is 84.0 cm³/mol. The third-order valence-corrected chi connectivity index (χ3v) is 4.80. The third kappa shape index (κ3) is 3.03. The summed E-state index contributed by atoms with van der Waals surface area (Å²) in [6.07, 6.45) is 5.45. The molecule has 1 heterocycles. The minimum absolute atomic E-state index is 0.0706. The van der Waals surface area contributed by atoms with Crippen molar-refractivity contribution in [2.75, 3.05) is 19.0 Å². The van der Waals surface area contributed by atoms with Gasteiger partial charge in [-0.2, -0.15) is 0 Å². The third-order valence-electron chi connectivity index (χ3n) is 4.63. The number of hydrogen-bond acceptors (Lipinski definition) is 2. The molecule has 3 rings (SSSR count). The molecule has 2 aliphatic rings. The molecule has 0 aromatic heterocycles. The molecule has 1 aliphatic carbocycles. The van der Waals surface area contributed by atoms with Gasteiger partial charge in [0.2, 0.25) is 5.91 Å². The van der Waals surface area contributed by atoms with Gasteiger partial charge in [0.1, 0.15) is 5.75 Å². The average Bonchev–Trinajstić information content (AvgIpc) is 3.05. The van der Waals surface area contributed by atoms with E-state index in [2.05, 4.69) is 0 Å². The fourth-order valence-corrected chi connectivity index (χ4v) is 3.76. The lowest BCUT2D eigenvalue weighted by Gasteiger charge is -2.34. The molecule has 0 spiro atoms. The van der Waals surface area contributed by atoms with Gasteiger partial charge in [-0.1, -0.05) is 31.0 Å². The van der Waals surface area contributed by atoms with Gasteiger partial charge in [-0.25, -0.2) is 0 Å². The van der Waals surface area contributed by atoms with Crippen LogP contribution in [0, 0.1) is 0 Å². The Balaban J connectivity index is 1.83. The average molecular weight is 308 g/mol. The highest BCUT2D eigenvalue weighted by Crippen LogP contribution is 2.36. The van der Waals surface area contributed by atoms with E-state index in [0.29, 0.717) is 25.1 Å². The molecule has 1 aromatic rings. The summed E-state index contributed by atoms with van der Waals surface area (Å²) >= 11 is 5.94. The standard InChI is InChI=1S/C17H22ClNO2/c18-10-11-19(13-5-1-2-6-13)17(20)15-9-12-21-16-8-4-3-7-14(15)16/h3-4,7-8,13,15H,1-2,5-6,9-12H2. The highest BCUT2D eigenvalue weighted by molar-refractivity contribution is 6.18. The SMILES string of the molecule is O=C(C1CCOc2ccccc21)N(CCCl)C1CCCC1. The molecule has 1 saturated carbocycles. The Morgan fingerprint density at radius 2 is 2.00 bits per heavy atom. The molecule has 0 saturated heterocycles. The van der Waals surface area contributed by atoms with E-state index >= 15 is 0 Å². The lowest BCUT2D eigenvalue weighted by molar-refractivity contribution is -0.135. The Morgan fingerprint density at radius 1 is 1.24 bits per heavy atom. The lowest BCUT2D eigenvalue weighted by Crippen LogP contribution is -2.43. The van der Waals surface area contributed by atoms with Crippen LogP contribution in [0.15, 0.2) is 24.3 Å². The van der Waals surface area contributed by atoms with Crippen LogP contribution in [0.1, 0.15) is 43.6 Å². The maximum atomic E-state index is 13.0. The second-order valence-corrected chi connectivity index (χ2v) is 6.26. The summed E-state index contributed by atoms with van der Waals surface area (Å²) in [6.45, 7) is 1.28. The van der Waals surface area contributed by atoms with Crippen molar-refractivity contribution in [3.05, 3.63) is 29.8 Å². The zero-order valence-electron chi connectivity index (χ0n) is 12.3. The van der Waals surface area contributed by atoms with Crippen molar-refractivity contribution < 1.29 is 9.53 Å². The van der Waals surface area contributed by atoms with Crippen molar-refractivity contribution in [3.63, 3.8) is 0 Å². The number of para-hydroxylation sites is 1. The summed E-state index contributed by atoms with van der Waals surface area (Å²) in [5.74, 6) is 1.53. The first-order valence-electron chi connectivity index (χ1n) is 7.89. The number of nitrogens with zero attached hydrogens (tertiary/aromatic N) is 1. The van der Waals surface area contributed by atoms with Gasteiger partial charge in [-0.05, 0) is 25.3 Å². The number of alkyl halides is 1. The van der Waals surface area contributed by atoms with Crippen LogP contribution in [0.25, 0.3) is 0 Å². The van der Waals surface area contributed by atoms with E-state index in [4.69, 9.17) is 16.3 Å². The molecule has 21 heavy (non-hydrogen) atoms. The summed E-state index contributed by atoms with van der Waals surface area (Å²) in [4.78, 5) is 15.1. The number of rotatable bonds is 4. The van der Waals surface area contributed by atoms with E-state index in [9.17, 15) is 4.79 Å². The quantitative estimate of drug-likeness (QED) is 0.796. The second kappa shape index (κ2) is 6.69. The number of benzene rings is 1. The molecule has 1 atom stereocenters. The molecule has 114 valence electrons. The lowest BCUT2D eigenvalue weighted by atomic mass is 9.91. The van der Waals surface area contributed by atoms with Crippen LogP contribution in [-0.2, 0) is 4.79 Å². The molecule has 0 radical (unpaired) electrons. The maximum Gasteiger partial charge on any atom is 0.230 e. The zero-order chi connectivity index (χ0) is 14.7. The molecule has 1 aromatic carbocycles. The monoisotopic (exact) mass is 307 g/mol. The van der Waals surface area contributed by atoms with E-state index in [1.165, 1.54) is 12.8 Å². The second-order valence-electron chi connectivity index (χ2n) is 5.89. The van der Waals surface area contributed by atoms with Crippen LogP contribution >= 0.6 is 11.6 Å². The maximum absolute atomic E-state index is 13.0. The van der Waals surface area contributed by atoms with Crippen molar-refractivity contribution >= 4 is 17.5 Å². The number of hydrogen-bond donors (Lipinski definition) is 0. The molecule has 0 N–H and O–H groups in total. The van der Waals surface area contributed by atoms with Crippen LogP contribution in [0.3, 0.4) is 0 Å². The van der Waals surface area contributed by atoms with Crippen LogP contribution in [0.5, 0.6) is 5.75 Å². The first kappa shape index (κ1) is 14.7. The molecule has 1 fully saturated rings. The molecule has 1 amide bonds. The highest BCUT2D eigenvalue weighted by atomic mass is 35.5. The van der Waals surface area contributed by atoms with E-state index in [0.717, 1.165) is 30.6 Å². The molecule has 1 unspecified atom stereocenters. The highest BCUT2D eigenvalue weighted by Gasteiger charge is 2.34. The minimum Gasteiger partial charge on any atom is -0.493 e. The Kier molecular flexibility index (Phi) is 4.69. The number of carbonyl (C=O) groups is 1. The van der Waals surface area contributed by atoms with Crippen molar-refractivity contribution in [1.29, 1.82) is 0 Å². The van der Waals surface area contributed by atoms with Crippen LogP contribution in [0.2, 0.25) is 0 Å². The van der Waals surface area contributed by atoms with Gasteiger partial charge in [0.15, 0.2) is 0 Å². The Labute approximate surface area is 131 Å². The number of ether oxygens (including phenoxy) is 1. The van der Waals surface area contributed by atoms with Gasteiger partial charge >= 0.3 is 0 Å². The van der Waals surface area contributed by atoms with E-state index < -0.39 is 0 Å². The number of halogens is 1. The predicted octanol–water partition coefficient (Wildman–Crippen LogP) is 3.56. The molecule has 1 aliphatic heterocycles. The first-order valence-corrected chi connectivity index (χ1v) is 8.43. The van der Waals surface area contributed by atoms with Crippen molar-refractivity contribution in [3.8, 4) is 5.75 Å². The number of amides is 1. The van der Waals surface area contributed by atoms with Gasteiger partial charge in [0.05, 0.1) is 12.5 Å². The Morgan fingerprint density at radius 3 is 2.76 bits per heavy atom. The molecular formula is C17H22ClNO2. The summed E-state index contributed by atoms with van der Waals surface area (Å²) in [7, 11) is 0. The van der Waals surface area contributed by atoms with Gasteiger partial charge in [0, 0.05) is 24.0 Å². The summed E-state index contributed by atoms with van der Waals surface area (Å²) < 4.78 is 5.67. The van der Waals surface area contributed by atoms with Crippen molar-refractivity contribution in [2.45, 2.75) is 44.1 Å². The topological polar surface area (TPSA) is 29.5 Å². The molecule has 3 nitrogen and oxygen atoms in total. The van der Waals surface area contributed by atoms with E-state index in [1.54, 1.807) is 0 Å². The van der Waals surface area contributed by atoms with Crippen molar-refractivity contribution in [1.82, 2.24) is 4.90 Å². The smallest absolute Gasteiger partial charge is 0.230 e. The fraction of sp³-hybridized carbons (Fsp3) is 0.588. The van der Waals surface area contributed by atoms with Gasteiger partial charge in [0.25, 0.3) is 0 Å². The van der Waals surface area contributed by atoms with Crippen LogP contribution < -0.4 is 4.74 Å².